The molecule has 0 radical (unpaired) electrons. The Bertz CT molecular complexity index is 1450. The van der Waals surface area contributed by atoms with E-state index in [9.17, 15) is 4.79 Å². The van der Waals surface area contributed by atoms with E-state index in [2.05, 4.69) is 20.6 Å². The maximum atomic E-state index is 13.4. The van der Waals surface area contributed by atoms with Gasteiger partial charge in [-0.05, 0) is 38.0 Å². The van der Waals surface area contributed by atoms with Crippen molar-refractivity contribution in [1.29, 1.82) is 0 Å². The second kappa shape index (κ2) is 8.35. The van der Waals surface area contributed by atoms with Crippen LogP contribution in [0.5, 0.6) is 0 Å². The van der Waals surface area contributed by atoms with Gasteiger partial charge in [0.05, 0.1) is 28.5 Å². The first kappa shape index (κ1) is 20.6. The summed E-state index contributed by atoms with van der Waals surface area (Å²) in [7, 11) is 0. The zero-order chi connectivity index (χ0) is 22.9. The van der Waals surface area contributed by atoms with Crippen molar-refractivity contribution in [2.75, 3.05) is 5.32 Å². The fraction of sp³-hybridized carbons (Fsp3) is 0.154. The Kier molecular flexibility index (Phi) is 5.22. The van der Waals surface area contributed by atoms with Crippen molar-refractivity contribution >= 4 is 22.8 Å². The van der Waals surface area contributed by atoms with E-state index >= 15 is 0 Å². The molecule has 7 nitrogen and oxygen atoms in total. The van der Waals surface area contributed by atoms with E-state index in [1.807, 2.05) is 92.2 Å². The third-order valence-corrected chi connectivity index (χ3v) is 5.63. The zero-order valence-electron chi connectivity index (χ0n) is 18.7. The number of nitrogens with one attached hydrogen (secondary N) is 2. The second-order valence-electron chi connectivity index (χ2n) is 8.28. The highest BCUT2D eigenvalue weighted by Crippen LogP contribution is 2.29. The van der Waals surface area contributed by atoms with Gasteiger partial charge in [0.1, 0.15) is 0 Å². The monoisotopic (exact) mass is 436 g/mol. The van der Waals surface area contributed by atoms with Crippen molar-refractivity contribution < 1.29 is 4.79 Å². The van der Waals surface area contributed by atoms with E-state index in [4.69, 9.17) is 4.98 Å². The number of pyridine rings is 1. The number of H-pyrrole nitrogens is 1. The third kappa shape index (κ3) is 3.89. The first-order valence-electron chi connectivity index (χ1n) is 10.9. The summed E-state index contributed by atoms with van der Waals surface area (Å²) in [6.45, 7) is 6.13. The number of carbonyl (C=O) groups is 1. The second-order valence-corrected chi connectivity index (χ2v) is 8.28. The summed E-state index contributed by atoms with van der Waals surface area (Å²) in [6.07, 6.45) is 1.71. The lowest BCUT2D eigenvalue weighted by Gasteiger charge is -2.11. The predicted octanol–water partition coefficient (Wildman–Crippen LogP) is 5.63. The van der Waals surface area contributed by atoms with Gasteiger partial charge in [-0.3, -0.25) is 9.89 Å². The summed E-state index contributed by atoms with van der Waals surface area (Å²) in [5.74, 6) is 0.198. The number of anilines is 1. The molecule has 0 spiro atoms. The van der Waals surface area contributed by atoms with Crippen molar-refractivity contribution in [2.45, 2.75) is 26.8 Å². The summed E-state index contributed by atoms with van der Waals surface area (Å²) in [5.41, 5.74) is 5.83. The van der Waals surface area contributed by atoms with Gasteiger partial charge in [-0.1, -0.05) is 54.6 Å². The van der Waals surface area contributed by atoms with Crippen molar-refractivity contribution in [3.05, 3.63) is 84.1 Å². The molecule has 164 valence electrons. The number of amides is 1. The smallest absolute Gasteiger partial charge is 0.257 e. The van der Waals surface area contributed by atoms with Crippen LogP contribution >= 0.6 is 0 Å². The number of carbonyl (C=O) groups excluding carboxylic acids is 1. The molecule has 2 aromatic carbocycles. The molecule has 0 aliphatic rings. The number of hydrogen-bond donors (Lipinski definition) is 2. The maximum Gasteiger partial charge on any atom is 0.257 e. The first-order chi connectivity index (χ1) is 16.0. The molecule has 0 aliphatic carbocycles. The summed E-state index contributed by atoms with van der Waals surface area (Å²) >= 11 is 0. The van der Waals surface area contributed by atoms with Crippen LogP contribution in [0, 0.1) is 6.92 Å². The van der Waals surface area contributed by atoms with Gasteiger partial charge in [0.2, 0.25) is 0 Å². The van der Waals surface area contributed by atoms with Gasteiger partial charge in [0.25, 0.3) is 5.91 Å². The fourth-order valence-electron chi connectivity index (χ4n) is 3.92. The molecule has 0 saturated heterocycles. The summed E-state index contributed by atoms with van der Waals surface area (Å²) in [4.78, 5) is 18.3. The fourth-order valence-corrected chi connectivity index (χ4v) is 3.92. The van der Waals surface area contributed by atoms with Crippen LogP contribution in [-0.4, -0.2) is 30.9 Å². The zero-order valence-corrected chi connectivity index (χ0v) is 18.7. The molecule has 2 N–H and O–H groups in total. The summed E-state index contributed by atoms with van der Waals surface area (Å²) < 4.78 is 1.84. The van der Waals surface area contributed by atoms with Gasteiger partial charge in [-0.25, -0.2) is 9.67 Å². The molecule has 7 heteroatoms. The number of aromatic nitrogens is 5. The lowest BCUT2D eigenvalue weighted by molar-refractivity contribution is 0.102. The first-order valence-corrected chi connectivity index (χ1v) is 10.9. The molecule has 0 fully saturated rings. The van der Waals surface area contributed by atoms with Crippen molar-refractivity contribution in [1.82, 2.24) is 25.0 Å². The third-order valence-electron chi connectivity index (χ3n) is 5.63. The Morgan fingerprint density at radius 2 is 1.79 bits per heavy atom. The molecule has 0 unspecified atom stereocenters. The predicted molar refractivity (Wildman–Crippen MR) is 130 cm³/mol. The number of aryl methyl sites for hydroxylation is 1. The van der Waals surface area contributed by atoms with Crippen LogP contribution in [0.15, 0.2) is 72.9 Å². The highest BCUT2D eigenvalue weighted by molar-refractivity contribution is 6.12. The standard InChI is InChI=1S/C26H24N6O/c1-16(2)32-25-21(15-27-32)20(13-23(28-25)19-12-8-7-9-17(19)3)26(33)29-24-14-22(30-31-24)18-10-5-4-6-11-18/h4-16H,1-3H3,(H2,29,30,31,33). The quantitative estimate of drug-likeness (QED) is 0.374. The minimum atomic E-state index is -0.258. The Labute approximate surface area is 191 Å². The molecule has 0 aliphatic heterocycles. The van der Waals surface area contributed by atoms with Crippen LogP contribution in [0.25, 0.3) is 33.5 Å². The normalized spacial score (nSPS) is 11.3. The summed E-state index contributed by atoms with van der Waals surface area (Å²) in [6, 6.07) is 21.6. The van der Waals surface area contributed by atoms with Crippen LogP contribution in [-0.2, 0) is 0 Å². The largest absolute Gasteiger partial charge is 0.305 e. The van der Waals surface area contributed by atoms with E-state index in [1.54, 1.807) is 6.20 Å². The number of rotatable bonds is 5. The van der Waals surface area contributed by atoms with Gasteiger partial charge >= 0.3 is 0 Å². The van der Waals surface area contributed by atoms with Gasteiger partial charge < -0.3 is 5.32 Å². The van der Waals surface area contributed by atoms with E-state index in [0.29, 0.717) is 22.4 Å². The van der Waals surface area contributed by atoms with Crippen molar-refractivity contribution in [3.8, 4) is 22.5 Å². The van der Waals surface area contributed by atoms with Crippen LogP contribution < -0.4 is 5.32 Å². The molecular weight excluding hydrogens is 412 g/mol. The van der Waals surface area contributed by atoms with Gasteiger partial charge in [-0.2, -0.15) is 10.2 Å². The molecule has 33 heavy (non-hydrogen) atoms. The number of nitrogens with zero attached hydrogens (tertiary/aromatic N) is 4. The van der Waals surface area contributed by atoms with Crippen LogP contribution in [0.3, 0.4) is 0 Å². The van der Waals surface area contributed by atoms with E-state index in [0.717, 1.165) is 28.1 Å². The molecule has 3 aromatic heterocycles. The molecule has 3 heterocycles. The SMILES string of the molecule is Cc1ccccc1-c1cc(C(=O)Nc2cc(-c3ccccc3)[nH]n2)c2cnn(C(C)C)c2n1. The number of fused-ring (bicyclic) bond motifs is 1. The van der Waals surface area contributed by atoms with Crippen LogP contribution in [0.2, 0.25) is 0 Å². The summed E-state index contributed by atoms with van der Waals surface area (Å²) in [5, 5.41) is 15.4. The van der Waals surface area contributed by atoms with E-state index < -0.39 is 0 Å². The highest BCUT2D eigenvalue weighted by Gasteiger charge is 2.20. The lowest BCUT2D eigenvalue weighted by atomic mass is 10.0. The molecule has 0 atom stereocenters. The van der Waals surface area contributed by atoms with Gasteiger partial charge in [-0.15, -0.1) is 0 Å². The molecule has 1 amide bonds. The lowest BCUT2D eigenvalue weighted by Crippen LogP contribution is -2.14. The van der Waals surface area contributed by atoms with Crippen molar-refractivity contribution in [3.63, 3.8) is 0 Å². The average Bonchev–Trinajstić information content (AvgIpc) is 3.46. The average molecular weight is 437 g/mol. The minimum absolute atomic E-state index is 0.109. The molecule has 0 bridgehead atoms. The Balaban J connectivity index is 1.56. The number of benzene rings is 2. The molecule has 5 rings (SSSR count). The maximum absolute atomic E-state index is 13.4. The Hall–Kier alpha value is -4.26. The van der Waals surface area contributed by atoms with E-state index in [1.165, 1.54) is 0 Å². The van der Waals surface area contributed by atoms with Crippen molar-refractivity contribution in [2.24, 2.45) is 0 Å². The molecule has 5 aromatic rings. The van der Waals surface area contributed by atoms with Gasteiger partial charge in [0, 0.05) is 17.7 Å². The Morgan fingerprint density at radius 1 is 1.03 bits per heavy atom. The molecule has 0 saturated carbocycles. The Morgan fingerprint density at radius 3 is 2.55 bits per heavy atom. The molecular formula is C26H24N6O. The number of aromatic amines is 1. The number of hydrogen-bond acceptors (Lipinski definition) is 4. The topological polar surface area (TPSA) is 88.5 Å². The highest BCUT2D eigenvalue weighted by atomic mass is 16.1. The van der Waals surface area contributed by atoms with Crippen LogP contribution in [0.4, 0.5) is 5.82 Å². The minimum Gasteiger partial charge on any atom is -0.305 e. The van der Waals surface area contributed by atoms with Gasteiger partial charge in [0.15, 0.2) is 11.5 Å². The van der Waals surface area contributed by atoms with E-state index in [-0.39, 0.29) is 11.9 Å². The van der Waals surface area contributed by atoms with Crippen LogP contribution in [0.1, 0.15) is 35.8 Å².